The van der Waals surface area contributed by atoms with Gasteiger partial charge in [0.2, 0.25) is 0 Å². The zero-order chi connectivity index (χ0) is 15.3. The zero-order valence-corrected chi connectivity index (χ0v) is 11.9. The predicted molar refractivity (Wildman–Crippen MR) is 74.5 cm³/mol. The number of aliphatic carboxylic acids is 1. The lowest BCUT2D eigenvalue weighted by molar-refractivity contribution is -0.144. The third kappa shape index (κ3) is 3.60. The Morgan fingerprint density at radius 1 is 1.35 bits per heavy atom. The van der Waals surface area contributed by atoms with Crippen molar-refractivity contribution in [2.45, 2.75) is 32.2 Å². The highest BCUT2D eigenvalue weighted by Crippen LogP contribution is 2.23. The van der Waals surface area contributed by atoms with Crippen LogP contribution in [0.5, 0.6) is 0 Å². The number of urea groups is 1. The fourth-order valence-corrected chi connectivity index (χ4v) is 1.96. The third-order valence-corrected chi connectivity index (χ3v) is 3.46. The first-order chi connectivity index (χ1) is 9.34. The van der Waals surface area contributed by atoms with Crippen LogP contribution < -0.4 is 10.6 Å². The van der Waals surface area contributed by atoms with Gasteiger partial charge in [-0.2, -0.15) is 0 Å². The first-order valence-corrected chi connectivity index (χ1v) is 6.50. The van der Waals surface area contributed by atoms with E-state index in [0.29, 0.717) is 0 Å². The molecule has 0 aliphatic carbocycles. The van der Waals surface area contributed by atoms with Crippen LogP contribution in [0.2, 0.25) is 5.02 Å². The average molecular weight is 303 g/mol. The van der Waals surface area contributed by atoms with Crippen LogP contribution in [0.25, 0.3) is 0 Å². The van der Waals surface area contributed by atoms with Gasteiger partial charge in [-0.25, -0.2) is 14.0 Å². The molecule has 1 aromatic rings. The van der Waals surface area contributed by atoms with Crippen LogP contribution in [0.15, 0.2) is 18.2 Å². The molecule has 20 heavy (non-hydrogen) atoms. The number of halogens is 2. The molecule has 110 valence electrons. The Balaban J connectivity index is 2.83. The van der Waals surface area contributed by atoms with Gasteiger partial charge in [0.15, 0.2) is 0 Å². The third-order valence-electron chi connectivity index (χ3n) is 3.15. The van der Waals surface area contributed by atoms with Crippen molar-refractivity contribution in [1.29, 1.82) is 0 Å². The van der Waals surface area contributed by atoms with Gasteiger partial charge < -0.3 is 15.7 Å². The van der Waals surface area contributed by atoms with E-state index in [9.17, 15) is 19.1 Å². The maximum absolute atomic E-state index is 12.9. The Bertz CT molecular complexity index is 518. The van der Waals surface area contributed by atoms with Gasteiger partial charge in [-0.05, 0) is 31.0 Å². The van der Waals surface area contributed by atoms with Gasteiger partial charge in [-0.3, -0.25) is 0 Å². The summed E-state index contributed by atoms with van der Waals surface area (Å²) < 4.78 is 12.9. The maximum Gasteiger partial charge on any atom is 0.329 e. The van der Waals surface area contributed by atoms with E-state index in [-0.39, 0.29) is 23.6 Å². The minimum atomic E-state index is -1.34. The molecule has 0 saturated heterocycles. The molecule has 0 saturated carbocycles. The molecule has 1 aromatic carbocycles. The van der Waals surface area contributed by atoms with Gasteiger partial charge in [0.1, 0.15) is 11.4 Å². The van der Waals surface area contributed by atoms with Gasteiger partial charge in [0.05, 0.1) is 10.7 Å². The molecule has 0 heterocycles. The van der Waals surface area contributed by atoms with E-state index < -0.39 is 23.4 Å². The van der Waals surface area contributed by atoms with Crippen LogP contribution in [0.4, 0.5) is 14.9 Å². The lowest BCUT2D eigenvalue weighted by Gasteiger charge is -2.28. The van der Waals surface area contributed by atoms with E-state index in [2.05, 4.69) is 10.6 Å². The molecule has 0 unspecified atom stereocenters. The summed E-state index contributed by atoms with van der Waals surface area (Å²) in [6.07, 6.45) is 0.479. The zero-order valence-electron chi connectivity index (χ0n) is 11.2. The highest BCUT2D eigenvalue weighted by molar-refractivity contribution is 6.33. The monoisotopic (exact) mass is 302 g/mol. The van der Waals surface area contributed by atoms with E-state index in [1.165, 1.54) is 6.07 Å². The molecule has 1 rings (SSSR count). The lowest BCUT2D eigenvalue weighted by Crippen LogP contribution is -2.55. The van der Waals surface area contributed by atoms with Gasteiger partial charge in [-0.15, -0.1) is 0 Å². The van der Waals surface area contributed by atoms with Crippen molar-refractivity contribution in [2.75, 3.05) is 5.32 Å². The summed E-state index contributed by atoms with van der Waals surface area (Å²) in [5.41, 5.74) is -1.13. The molecule has 2 amide bonds. The van der Waals surface area contributed by atoms with Crippen LogP contribution >= 0.6 is 11.6 Å². The van der Waals surface area contributed by atoms with Crippen molar-refractivity contribution < 1.29 is 19.1 Å². The van der Waals surface area contributed by atoms with Crippen molar-refractivity contribution in [2.24, 2.45) is 0 Å². The number of rotatable bonds is 5. The quantitative estimate of drug-likeness (QED) is 0.781. The van der Waals surface area contributed by atoms with Gasteiger partial charge in [0.25, 0.3) is 0 Å². The van der Waals surface area contributed by atoms with E-state index in [1.54, 1.807) is 13.8 Å². The van der Waals surface area contributed by atoms with E-state index >= 15 is 0 Å². The standard InChI is InChI=1S/C13H16ClFN2O3/c1-3-13(4-2,11(18)19)17-12(20)16-10-6-5-8(15)7-9(10)14/h5-7H,3-4H2,1-2H3,(H,18,19)(H2,16,17,20). The van der Waals surface area contributed by atoms with Gasteiger partial charge in [0, 0.05) is 0 Å². The molecule has 0 radical (unpaired) electrons. The SMILES string of the molecule is CCC(CC)(NC(=O)Nc1ccc(F)cc1Cl)C(=O)O. The molecule has 0 spiro atoms. The Kier molecular flexibility index (Phi) is 5.33. The van der Waals surface area contributed by atoms with E-state index in [0.717, 1.165) is 12.1 Å². The molecule has 0 bridgehead atoms. The number of carbonyl (C=O) groups is 2. The van der Waals surface area contributed by atoms with Crippen LogP contribution in [0.3, 0.4) is 0 Å². The summed E-state index contributed by atoms with van der Waals surface area (Å²) in [7, 11) is 0. The smallest absolute Gasteiger partial charge is 0.329 e. The topological polar surface area (TPSA) is 78.4 Å². The second kappa shape index (κ2) is 6.56. The summed E-state index contributed by atoms with van der Waals surface area (Å²) in [4.78, 5) is 23.1. The predicted octanol–water partition coefficient (Wildman–Crippen LogP) is 3.24. The molecule has 5 nitrogen and oxygen atoms in total. The van der Waals surface area contributed by atoms with Crippen molar-refractivity contribution in [3.63, 3.8) is 0 Å². The Morgan fingerprint density at radius 2 is 1.95 bits per heavy atom. The second-order valence-corrected chi connectivity index (χ2v) is 4.70. The Labute approximate surface area is 121 Å². The highest BCUT2D eigenvalue weighted by atomic mass is 35.5. The minimum Gasteiger partial charge on any atom is -0.480 e. The Morgan fingerprint density at radius 3 is 2.40 bits per heavy atom. The number of hydrogen-bond acceptors (Lipinski definition) is 2. The van der Waals surface area contributed by atoms with Gasteiger partial charge >= 0.3 is 12.0 Å². The summed E-state index contributed by atoms with van der Waals surface area (Å²) in [6, 6.07) is 2.80. The van der Waals surface area contributed by atoms with E-state index in [4.69, 9.17) is 11.6 Å². The van der Waals surface area contributed by atoms with Crippen molar-refractivity contribution in [3.8, 4) is 0 Å². The number of amides is 2. The number of carboxylic acid groups (broad SMARTS) is 1. The lowest BCUT2D eigenvalue weighted by atomic mass is 9.93. The fraction of sp³-hybridized carbons (Fsp3) is 0.385. The summed E-state index contributed by atoms with van der Waals surface area (Å²) in [5.74, 6) is -1.63. The summed E-state index contributed by atoms with van der Waals surface area (Å²) in [6.45, 7) is 3.34. The van der Waals surface area contributed by atoms with Crippen LogP contribution in [0.1, 0.15) is 26.7 Å². The first kappa shape index (κ1) is 16.2. The van der Waals surface area contributed by atoms with Crippen molar-refractivity contribution >= 4 is 29.3 Å². The van der Waals surface area contributed by atoms with E-state index in [1.807, 2.05) is 0 Å². The summed E-state index contributed by atoms with van der Waals surface area (Å²) in [5, 5.41) is 14.1. The first-order valence-electron chi connectivity index (χ1n) is 6.12. The number of hydrogen-bond donors (Lipinski definition) is 3. The number of nitrogens with one attached hydrogen (secondary N) is 2. The molecular formula is C13H16ClFN2O3. The average Bonchev–Trinajstić information content (AvgIpc) is 2.39. The number of anilines is 1. The summed E-state index contributed by atoms with van der Waals surface area (Å²) >= 11 is 5.78. The maximum atomic E-state index is 12.9. The highest BCUT2D eigenvalue weighted by Gasteiger charge is 2.36. The largest absolute Gasteiger partial charge is 0.480 e. The molecule has 0 aliphatic rings. The molecule has 0 aliphatic heterocycles. The van der Waals surface area contributed by atoms with Crippen molar-refractivity contribution in [3.05, 3.63) is 29.0 Å². The van der Waals surface area contributed by atoms with Crippen LogP contribution in [-0.2, 0) is 4.79 Å². The number of carbonyl (C=O) groups excluding carboxylic acids is 1. The van der Waals surface area contributed by atoms with Crippen LogP contribution in [0, 0.1) is 5.82 Å². The molecule has 0 atom stereocenters. The Hall–Kier alpha value is -1.82. The van der Waals surface area contributed by atoms with Gasteiger partial charge in [-0.1, -0.05) is 25.4 Å². The number of carboxylic acids is 1. The normalized spacial score (nSPS) is 11.0. The second-order valence-electron chi connectivity index (χ2n) is 4.30. The molecular weight excluding hydrogens is 287 g/mol. The molecule has 3 N–H and O–H groups in total. The fourth-order valence-electron chi connectivity index (χ4n) is 1.74. The number of benzene rings is 1. The van der Waals surface area contributed by atoms with Crippen LogP contribution in [-0.4, -0.2) is 22.6 Å². The molecule has 0 fully saturated rings. The minimum absolute atomic E-state index is 0.0362. The van der Waals surface area contributed by atoms with Crippen molar-refractivity contribution in [1.82, 2.24) is 5.32 Å². The molecule has 0 aromatic heterocycles. The molecule has 7 heteroatoms.